The van der Waals surface area contributed by atoms with Gasteiger partial charge in [-0.3, -0.25) is 4.79 Å². The molecule has 2 aromatic heterocycles. The summed E-state index contributed by atoms with van der Waals surface area (Å²) in [4.78, 5) is 27.6. The maximum Gasteiger partial charge on any atom is 0.330 e. The van der Waals surface area contributed by atoms with Crippen molar-refractivity contribution in [1.29, 1.82) is 0 Å². The third-order valence-corrected chi connectivity index (χ3v) is 5.51. The molecule has 1 aliphatic rings. The van der Waals surface area contributed by atoms with Crippen LogP contribution in [0.1, 0.15) is 41.0 Å². The van der Waals surface area contributed by atoms with Gasteiger partial charge in [0.05, 0.1) is 6.61 Å². The summed E-state index contributed by atoms with van der Waals surface area (Å²) in [5, 5.41) is 1.96. The molecule has 1 saturated heterocycles. The number of nitrogens with zero attached hydrogens (tertiary/aromatic N) is 2. The number of hydrogen-bond donors (Lipinski definition) is 0. The van der Waals surface area contributed by atoms with Crippen molar-refractivity contribution in [3.05, 3.63) is 52.5 Å². The number of carbonyl (C=O) groups excluding carboxylic acids is 2. The molecule has 6 heteroatoms. The Bertz CT molecular complexity index is 764. The monoisotopic (exact) mass is 372 g/mol. The number of aromatic nitrogens is 1. The van der Waals surface area contributed by atoms with E-state index in [1.807, 2.05) is 52.4 Å². The molecule has 3 rings (SSSR count). The third kappa shape index (κ3) is 4.64. The minimum Gasteiger partial charge on any atom is -0.462 e. The molecular weight excluding hydrogens is 348 g/mol. The molecule has 138 valence electrons. The van der Waals surface area contributed by atoms with Crippen LogP contribution in [0, 0.1) is 0 Å². The maximum atomic E-state index is 12.8. The second-order valence-corrected chi connectivity index (χ2v) is 7.44. The second-order valence-electron chi connectivity index (χ2n) is 6.46. The standard InChI is InChI=1S/C20H24N2O3S/c1-21-12-4-8-18(21)20(24)22-13-3-2-6-16(22)11-14-25-19(23)10-9-17-7-5-15-26-17/h4-5,7-10,12,15-16H,2-3,6,11,13-14H2,1H3/b10-9+/t16-/m0/s1. The molecule has 0 saturated carbocycles. The van der Waals surface area contributed by atoms with Crippen molar-refractivity contribution in [1.82, 2.24) is 9.47 Å². The fourth-order valence-corrected chi connectivity index (χ4v) is 3.90. The summed E-state index contributed by atoms with van der Waals surface area (Å²) in [5.41, 5.74) is 0.702. The lowest BCUT2D eigenvalue weighted by molar-refractivity contribution is -0.138. The van der Waals surface area contributed by atoms with E-state index in [-0.39, 0.29) is 17.9 Å². The zero-order chi connectivity index (χ0) is 18.4. The Kier molecular flexibility index (Phi) is 6.28. The van der Waals surface area contributed by atoms with Crippen molar-refractivity contribution in [2.45, 2.75) is 31.7 Å². The van der Waals surface area contributed by atoms with Crippen LogP contribution in [0.25, 0.3) is 6.08 Å². The van der Waals surface area contributed by atoms with Gasteiger partial charge in [-0.05, 0) is 48.9 Å². The van der Waals surface area contributed by atoms with Crippen molar-refractivity contribution in [3.8, 4) is 0 Å². The van der Waals surface area contributed by atoms with Crippen molar-refractivity contribution in [2.75, 3.05) is 13.2 Å². The largest absolute Gasteiger partial charge is 0.462 e. The van der Waals surface area contributed by atoms with E-state index in [0.29, 0.717) is 18.7 Å². The van der Waals surface area contributed by atoms with Gasteiger partial charge in [-0.25, -0.2) is 4.79 Å². The summed E-state index contributed by atoms with van der Waals surface area (Å²) in [6.07, 6.45) is 8.86. The molecule has 5 nitrogen and oxygen atoms in total. The van der Waals surface area contributed by atoms with Crippen LogP contribution in [0.4, 0.5) is 0 Å². The van der Waals surface area contributed by atoms with Gasteiger partial charge in [-0.1, -0.05) is 6.07 Å². The lowest BCUT2D eigenvalue weighted by Crippen LogP contribution is -2.44. The van der Waals surface area contributed by atoms with Gasteiger partial charge in [0.25, 0.3) is 5.91 Å². The predicted octanol–water partition coefficient (Wildman–Crippen LogP) is 3.73. The van der Waals surface area contributed by atoms with E-state index < -0.39 is 0 Å². The molecule has 0 aliphatic carbocycles. The van der Waals surface area contributed by atoms with Gasteiger partial charge in [-0.15, -0.1) is 11.3 Å². The Morgan fingerprint density at radius 1 is 1.31 bits per heavy atom. The molecule has 1 atom stereocenters. The van der Waals surface area contributed by atoms with E-state index in [2.05, 4.69) is 0 Å². The Morgan fingerprint density at radius 3 is 2.92 bits per heavy atom. The number of ether oxygens (including phenoxy) is 1. The molecule has 1 amide bonds. The van der Waals surface area contributed by atoms with Gasteiger partial charge >= 0.3 is 5.97 Å². The minimum atomic E-state index is -0.338. The highest BCUT2D eigenvalue weighted by Gasteiger charge is 2.28. The van der Waals surface area contributed by atoms with Crippen LogP contribution in [-0.4, -0.2) is 40.5 Å². The summed E-state index contributed by atoms with van der Waals surface area (Å²) in [5.74, 6) is -0.277. The average molecular weight is 372 g/mol. The van der Waals surface area contributed by atoms with E-state index >= 15 is 0 Å². The minimum absolute atomic E-state index is 0.0612. The second kappa shape index (κ2) is 8.85. The quantitative estimate of drug-likeness (QED) is 0.573. The lowest BCUT2D eigenvalue weighted by atomic mass is 9.99. The van der Waals surface area contributed by atoms with E-state index in [0.717, 1.165) is 30.7 Å². The zero-order valence-electron chi connectivity index (χ0n) is 15.0. The Balaban J connectivity index is 1.51. The topological polar surface area (TPSA) is 51.5 Å². The Hall–Kier alpha value is -2.34. The van der Waals surface area contributed by atoms with Gasteiger partial charge in [-0.2, -0.15) is 0 Å². The number of hydrogen-bond acceptors (Lipinski definition) is 4. The summed E-state index contributed by atoms with van der Waals surface area (Å²) < 4.78 is 7.17. The van der Waals surface area contributed by atoms with E-state index in [1.54, 1.807) is 17.4 Å². The molecule has 2 aromatic rings. The number of rotatable bonds is 6. The van der Waals surface area contributed by atoms with E-state index in [9.17, 15) is 9.59 Å². The number of aryl methyl sites for hydroxylation is 1. The molecule has 3 heterocycles. The molecule has 0 N–H and O–H groups in total. The first-order valence-corrected chi connectivity index (χ1v) is 9.84. The van der Waals surface area contributed by atoms with Crippen molar-refractivity contribution >= 4 is 29.3 Å². The first-order valence-electron chi connectivity index (χ1n) is 8.96. The molecule has 0 radical (unpaired) electrons. The average Bonchev–Trinajstić information content (AvgIpc) is 3.31. The van der Waals surface area contributed by atoms with Crippen LogP contribution in [-0.2, 0) is 16.6 Å². The van der Waals surface area contributed by atoms with E-state index in [4.69, 9.17) is 4.74 Å². The summed E-state index contributed by atoms with van der Waals surface area (Å²) in [6.45, 7) is 1.09. The third-order valence-electron chi connectivity index (χ3n) is 4.67. The smallest absolute Gasteiger partial charge is 0.330 e. The van der Waals surface area contributed by atoms with Crippen molar-refractivity contribution in [2.24, 2.45) is 7.05 Å². The Morgan fingerprint density at radius 2 is 2.19 bits per heavy atom. The predicted molar refractivity (Wildman–Crippen MR) is 103 cm³/mol. The molecular formula is C20H24N2O3S. The normalized spacial score (nSPS) is 17.6. The molecule has 1 aliphatic heterocycles. The molecule has 0 unspecified atom stereocenters. The van der Waals surface area contributed by atoms with Crippen LogP contribution in [0.5, 0.6) is 0 Å². The van der Waals surface area contributed by atoms with Crippen LogP contribution in [0.2, 0.25) is 0 Å². The van der Waals surface area contributed by atoms with Crippen molar-refractivity contribution in [3.63, 3.8) is 0 Å². The van der Waals surface area contributed by atoms with Crippen molar-refractivity contribution < 1.29 is 14.3 Å². The Labute approximate surface area is 157 Å². The van der Waals surface area contributed by atoms with Crippen LogP contribution in [0.15, 0.2) is 41.9 Å². The highest BCUT2D eigenvalue weighted by molar-refractivity contribution is 7.10. The number of amides is 1. The van der Waals surface area contributed by atoms with Gasteiger partial charge in [0.15, 0.2) is 0 Å². The fraction of sp³-hybridized carbons (Fsp3) is 0.400. The first-order chi connectivity index (χ1) is 12.6. The number of likely N-dealkylation sites (tertiary alicyclic amines) is 1. The molecule has 26 heavy (non-hydrogen) atoms. The van der Waals surface area contributed by atoms with Crippen LogP contribution in [0.3, 0.4) is 0 Å². The molecule has 0 bridgehead atoms. The maximum absolute atomic E-state index is 12.8. The number of thiophene rings is 1. The fourth-order valence-electron chi connectivity index (χ4n) is 3.28. The number of carbonyl (C=O) groups is 2. The van der Waals surface area contributed by atoms with E-state index in [1.165, 1.54) is 6.08 Å². The molecule has 0 aromatic carbocycles. The molecule has 1 fully saturated rings. The highest BCUT2D eigenvalue weighted by atomic mass is 32.1. The van der Waals surface area contributed by atoms with Gasteiger partial charge in [0, 0.05) is 43.2 Å². The highest BCUT2D eigenvalue weighted by Crippen LogP contribution is 2.22. The van der Waals surface area contributed by atoms with Gasteiger partial charge in [0.1, 0.15) is 5.69 Å². The van der Waals surface area contributed by atoms with Gasteiger partial charge < -0.3 is 14.2 Å². The first kappa shape index (κ1) is 18.5. The van der Waals surface area contributed by atoms with Crippen LogP contribution < -0.4 is 0 Å². The number of esters is 1. The molecule has 0 spiro atoms. The summed E-state index contributed by atoms with van der Waals surface area (Å²) >= 11 is 1.57. The van der Waals surface area contributed by atoms with Crippen LogP contribution >= 0.6 is 11.3 Å². The summed E-state index contributed by atoms with van der Waals surface area (Å²) in [6, 6.07) is 7.75. The number of piperidine rings is 1. The summed E-state index contributed by atoms with van der Waals surface area (Å²) in [7, 11) is 1.88. The lowest BCUT2D eigenvalue weighted by Gasteiger charge is -2.35. The SMILES string of the molecule is Cn1cccc1C(=O)N1CCCC[C@H]1CCOC(=O)/C=C/c1cccs1. The zero-order valence-corrected chi connectivity index (χ0v) is 15.8. The van der Waals surface area contributed by atoms with Gasteiger partial charge in [0.2, 0.25) is 0 Å².